The van der Waals surface area contributed by atoms with Gasteiger partial charge in [0.05, 0.1) is 0 Å². The van der Waals surface area contributed by atoms with E-state index in [9.17, 15) is 0 Å². The number of rotatable bonds is 2. The first-order valence-electron chi connectivity index (χ1n) is 2.11. The highest BCUT2D eigenvalue weighted by Crippen LogP contribution is 1.97. The molecule has 0 bridgehead atoms. The van der Waals surface area contributed by atoms with Gasteiger partial charge in [-0.3, -0.25) is 5.84 Å². The van der Waals surface area contributed by atoms with Crippen molar-refractivity contribution >= 4 is 0 Å². The molecule has 0 heterocycles. The maximum absolute atomic E-state index is 8.47. The van der Waals surface area contributed by atoms with E-state index in [1.165, 1.54) is 6.92 Å². The van der Waals surface area contributed by atoms with Crippen LogP contribution >= 0.6 is 0 Å². The van der Waals surface area contributed by atoms with Crippen molar-refractivity contribution in [2.24, 2.45) is 5.84 Å². The van der Waals surface area contributed by atoms with Gasteiger partial charge in [-0.1, -0.05) is 0 Å². The fourth-order valence-corrected chi connectivity index (χ4v) is 0.121. The third kappa shape index (κ3) is 1.73. The fraction of sp³-hybridized carbons (Fsp3) is 1.00. The topological polar surface area (TPSA) is 98.7 Å². The summed E-state index contributed by atoms with van der Waals surface area (Å²) in [5, 5.41) is 25.4. The van der Waals surface area contributed by atoms with Crippen molar-refractivity contribution in [3.63, 3.8) is 0 Å². The summed E-state index contributed by atoms with van der Waals surface area (Å²) in [7, 11) is 0. The second kappa shape index (κ2) is 2.38. The SMILES string of the molecule is CC(O)C(O)(O)NN. The molecular formula is C3H10N2O3. The summed E-state index contributed by atoms with van der Waals surface area (Å²) < 4.78 is 0. The van der Waals surface area contributed by atoms with Crippen LogP contribution in [0.2, 0.25) is 0 Å². The summed E-state index contributed by atoms with van der Waals surface area (Å²) in [5.41, 5.74) is 1.60. The van der Waals surface area contributed by atoms with Gasteiger partial charge in [-0.2, -0.15) is 0 Å². The highest BCUT2D eigenvalue weighted by atomic mass is 16.5. The molecule has 0 fully saturated rings. The van der Waals surface area contributed by atoms with Crippen molar-refractivity contribution in [1.29, 1.82) is 0 Å². The van der Waals surface area contributed by atoms with Crippen LogP contribution in [0.15, 0.2) is 0 Å². The molecule has 6 N–H and O–H groups in total. The first-order valence-corrected chi connectivity index (χ1v) is 2.11. The van der Waals surface area contributed by atoms with Crippen LogP contribution in [0.5, 0.6) is 0 Å². The molecule has 1 unspecified atom stereocenters. The Labute approximate surface area is 46.7 Å². The minimum atomic E-state index is -2.38. The lowest BCUT2D eigenvalue weighted by Gasteiger charge is -2.22. The highest BCUT2D eigenvalue weighted by Gasteiger charge is 2.27. The molecule has 0 aromatic heterocycles. The van der Waals surface area contributed by atoms with E-state index in [1.54, 1.807) is 5.43 Å². The largest absolute Gasteiger partial charge is 0.386 e. The zero-order valence-electron chi connectivity index (χ0n) is 4.50. The normalized spacial score (nSPS) is 16.1. The Kier molecular flexibility index (Phi) is 2.32. The average Bonchev–Trinajstić information content (AvgIpc) is 1.67. The van der Waals surface area contributed by atoms with Gasteiger partial charge >= 0.3 is 0 Å². The van der Waals surface area contributed by atoms with Crippen molar-refractivity contribution in [1.82, 2.24) is 5.43 Å². The second-order valence-electron chi connectivity index (χ2n) is 1.55. The van der Waals surface area contributed by atoms with Gasteiger partial charge in [0.15, 0.2) is 0 Å². The van der Waals surface area contributed by atoms with Gasteiger partial charge in [0.2, 0.25) is 0 Å². The van der Waals surface area contributed by atoms with E-state index >= 15 is 0 Å². The maximum Gasteiger partial charge on any atom is 0.262 e. The van der Waals surface area contributed by atoms with Gasteiger partial charge in [0.1, 0.15) is 6.10 Å². The van der Waals surface area contributed by atoms with E-state index in [-0.39, 0.29) is 0 Å². The van der Waals surface area contributed by atoms with E-state index in [0.717, 1.165) is 0 Å². The molecule has 0 aliphatic heterocycles. The van der Waals surface area contributed by atoms with Crippen molar-refractivity contribution < 1.29 is 15.3 Å². The van der Waals surface area contributed by atoms with Crippen LogP contribution < -0.4 is 11.3 Å². The maximum atomic E-state index is 8.47. The number of hydrazine groups is 1. The number of aliphatic hydroxyl groups excluding tert-OH is 1. The average molecular weight is 122 g/mol. The van der Waals surface area contributed by atoms with Crippen LogP contribution in [-0.2, 0) is 0 Å². The van der Waals surface area contributed by atoms with Crippen LogP contribution in [0.3, 0.4) is 0 Å². The summed E-state index contributed by atoms with van der Waals surface area (Å²) >= 11 is 0. The van der Waals surface area contributed by atoms with Gasteiger partial charge in [-0.15, -0.1) is 0 Å². The predicted octanol–water partition coefficient (Wildman–Crippen LogP) is -2.53. The molecule has 0 spiro atoms. The molecule has 5 heteroatoms. The highest BCUT2D eigenvalue weighted by molar-refractivity contribution is 4.62. The minimum absolute atomic E-state index is 1.19. The van der Waals surface area contributed by atoms with E-state index in [2.05, 4.69) is 5.84 Å². The van der Waals surface area contributed by atoms with Crippen LogP contribution in [0.4, 0.5) is 0 Å². The molecule has 0 radical (unpaired) electrons. The zero-order valence-corrected chi connectivity index (χ0v) is 4.50. The van der Waals surface area contributed by atoms with Gasteiger partial charge < -0.3 is 15.3 Å². The molecule has 5 nitrogen and oxygen atoms in total. The first kappa shape index (κ1) is 7.80. The Hall–Kier alpha value is -0.200. The van der Waals surface area contributed by atoms with Crippen LogP contribution in [-0.4, -0.2) is 27.3 Å². The third-order valence-corrected chi connectivity index (χ3v) is 0.795. The standard InChI is InChI=1S/C3H10N2O3/c1-2(6)3(7,8)5-4/h2,5-8H,4H2,1H3. The molecule has 1 atom stereocenters. The minimum Gasteiger partial charge on any atom is -0.386 e. The summed E-state index contributed by atoms with van der Waals surface area (Å²) in [4.78, 5) is 0. The zero-order chi connectivity index (χ0) is 6.78. The number of nitrogens with two attached hydrogens (primary N) is 1. The van der Waals surface area contributed by atoms with Gasteiger partial charge in [-0.25, -0.2) is 5.43 Å². The molecular weight excluding hydrogens is 112 g/mol. The molecule has 0 rings (SSSR count). The summed E-state index contributed by atoms with van der Waals surface area (Å²) in [5.74, 6) is 2.22. The van der Waals surface area contributed by atoms with Gasteiger partial charge in [0.25, 0.3) is 5.91 Å². The van der Waals surface area contributed by atoms with E-state index < -0.39 is 12.0 Å². The van der Waals surface area contributed by atoms with Crippen molar-refractivity contribution in [3.05, 3.63) is 0 Å². The lowest BCUT2D eigenvalue weighted by atomic mass is 10.3. The molecule has 50 valence electrons. The van der Waals surface area contributed by atoms with Gasteiger partial charge in [-0.05, 0) is 6.92 Å². The lowest BCUT2D eigenvalue weighted by Crippen LogP contribution is -2.56. The molecule has 0 saturated heterocycles. The fourth-order valence-electron chi connectivity index (χ4n) is 0.121. The molecule has 0 amide bonds. The number of aliphatic hydroxyl groups is 3. The summed E-state index contributed by atoms with van der Waals surface area (Å²) in [6, 6.07) is 0. The predicted molar refractivity (Wildman–Crippen MR) is 26.2 cm³/mol. The Morgan fingerprint density at radius 1 is 1.62 bits per heavy atom. The Balaban J connectivity index is 3.71. The third-order valence-electron chi connectivity index (χ3n) is 0.795. The Morgan fingerprint density at radius 2 is 2.00 bits per heavy atom. The second-order valence-corrected chi connectivity index (χ2v) is 1.55. The summed E-state index contributed by atoms with van der Waals surface area (Å²) in [6.45, 7) is 1.19. The van der Waals surface area contributed by atoms with E-state index in [1.807, 2.05) is 0 Å². The molecule has 0 aromatic rings. The molecule has 0 aliphatic carbocycles. The number of nitrogens with one attached hydrogen (secondary N) is 1. The van der Waals surface area contributed by atoms with Gasteiger partial charge in [0, 0.05) is 0 Å². The molecule has 0 saturated carbocycles. The molecule has 0 aliphatic rings. The monoisotopic (exact) mass is 122 g/mol. The first-order chi connectivity index (χ1) is 3.50. The van der Waals surface area contributed by atoms with E-state index in [0.29, 0.717) is 0 Å². The van der Waals surface area contributed by atoms with E-state index in [4.69, 9.17) is 15.3 Å². The van der Waals surface area contributed by atoms with Crippen LogP contribution in [0.1, 0.15) is 6.92 Å². The lowest BCUT2D eigenvalue weighted by molar-refractivity contribution is -0.240. The molecule has 8 heavy (non-hydrogen) atoms. The quantitative estimate of drug-likeness (QED) is 0.158. The van der Waals surface area contributed by atoms with Crippen molar-refractivity contribution in [2.45, 2.75) is 18.9 Å². The number of hydrogen-bond donors (Lipinski definition) is 5. The van der Waals surface area contributed by atoms with Crippen LogP contribution in [0.25, 0.3) is 0 Å². The van der Waals surface area contributed by atoms with Crippen molar-refractivity contribution in [2.75, 3.05) is 0 Å². The van der Waals surface area contributed by atoms with Crippen LogP contribution in [0, 0.1) is 0 Å². The smallest absolute Gasteiger partial charge is 0.262 e. The number of hydrogen-bond acceptors (Lipinski definition) is 5. The Morgan fingerprint density at radius 3 is 2.00 bits per heavy atom. The molecule has 0 aromatic carbocycles. The summed E-state index contributed by atoms with van der Waals surface area (Å²) in [6.07, 6.45) is -1.31. The van der Waals surface area contributed by atoms with Crippen molar-refractivity contribution in [3.8, 4) is 0 Å². The Bertz CT molecular complexity index is 72.9.